The minimum atomic E-state index is -1.03. The summed E-state index contributed by atoms with van der Waals surface area (Å²) in [6.45, 7) is 3.68. The van der Waals surface area contributed by atoms with Gasteiger partial charge < -0.3 is 14.8 Å². The fourth-order valence-electron chi connectivity index (χ4n) is 2.47. The van der Waals surface area contributed by atoms with E-state index in [1.54, 1.807) is 24.8 Å². The van der Waals surface area contributed by atoms with Crippen molar-refractivity contribution in [3.05, 3.63) is 42.7 Å². The average Bonchev–Trinajstić information content (AvgIpc) is 2.99. The number of nitrogens with zero attached hydrogens (tertiary/aromatic N) is 4. The molecule has 2 N–H and O–H groups in total. The number of aromatic nitrogens is 4. The largest absolute Gasteiger partial charge is 0.478 e. The first-order valence-electron chi connectivity index (χ1n) is 7.05. The first-order chi connectivity index (χ1) is 10.9. The molecule has 7 nitrogen and oxygen atoms in total. The van der Waals surface area contributed by atoms with Crippen molar-refractivity contribution < 1.29 is 15.0 Å². The number of benzene rings is 1. The molecule has 3 aromatic rings. The topological polar surface area (TPSA) is 101 Å². The summed E-state index contributed by atoms with van der Waals surface area (Å²) >= 11 is 0. The standard InChI is InChI=1S/C16H16N4O3/c1-16(2,7-21)20-9-19-13-4-10(15(22)23)3-12(14(13)20)11-5-17-8-18-6-11/h3-6,8-9,21H,7H2,1-2H3,(H,22,23). The van der Waals surface area contributed by atoms with Gasteiger partial charge in [-0.05, 0) is 26.0 Å². The van der Waals surface area contributed by atoms with Gasteiger partial charge in [-0.25, -0.2) is 19.7 Å². The van der Waals surface area contributed by atoms with E-state index in [0.717, 1.165) is 5.52 Å². The van der Waals surface area contributed by atoms with E-state index in [1.165, 1.54) is 12.4 Å². The van der Waals surface area contributed by atoms with E-state index in [-0.39, 0.29) is 12.2 Å². The quantitative estimate of drug-likeness (QED) is 0.763. The van der Waals surface area contributed by atoms with E-state index >= 15 is 0 Å². The summed E-state index contributed by atoms with van der Waals surface area (Å²) in [4.78, 5) is 23.7. The van der Waals surface area contributed by atoms with Gasteiger partial charge in [-0.1, -0.05) is 0 Å². The van der Waals surface area contributed by atoms with E-state index < -0.39 is 11.5 Å². The minimum absolute atomic E-state index is 0.0795. The predicted octanol–water partition coefficient (Wildman–Crippen LogP) is 1.92. The molecule has 0 saturated carbocycles. The Morgan fingerprint density at radius 2 is 1.96 bits per heavy atom. The molecule has 2 heterocycles. The third-order valence-corrected chi connectivity index (χ3v) is 3.80. The molecule has 3 rings (SSSR count). The first-order valence-corrected chi connectivity index (χ1v) is 7.05. The lowest BCUT2D eigenvalue weighted by Crippen LogP contribution is -2.29. The van der Waals surface area contributed by atoms with E-state index in [9.17, 15) is 15.0 Å². The second kappa shape index (κ2) is 5.44. The molecule has 0 saturated heterocycles. The van der Waals surface area contributed by atoms with Crippen molar-refractivity contribution in [3.63, 3.8) is 0 Å². The van der Waals surface area contributed by atoms with Crippen molar-refractivity contribution in [1.29, 1.82) is 0 Å². The van der Waals surface area contributed by atoms with E-state index in [1.807, 2.05) is 18.4 Å². The molecule has 0 atom stereocenters. The van der Waals surface area contributed by atoms with Gasteiger partial charge in [-0.2, -0.15) is 0 Å². The molecule has 2 aromatic heterocycles. The van der Waals surface area contributed by atoms with Crippen molar-refractivity contribution in [2.75, 3.05) is 6.61 Å². The van der Waals surface area contributed by atoms with E-state index in [0.29, 0.717) is 16.6 Å². The average molecular weight is 312 g/mol. The number of hydrogen-bond acceptors (Lipinski definition) is 5. The molecule has 0 bridgehead atoms. The molecule has 0 aliphatic heterocycles. The summed E-state index contributed by atoms with van der Waals surface area (Å²) in [7, 11) is 0. The van der Waals surface area contributed by atoms with Gasteiger partial charge in [-0.15, -0.1) is 0 Å². The van der Waals surface area contributed by atoms with Gasteiger partial charge in [0, 0.05) is 23.5 Å². The number of hydrogen-bond donors (Lipinski definition) is 2. The molecule has 0 aliphatic carbocycles. The summed E-state index contributed by atoms with van der Waals surface area (Å²) < 4.78 is 1.84. The van der Waals surface area contributed by atoms with Crippen molar-refractivity contribution >= 4 is 17.0 Å². The summed E-state index contributed by atoms with van der Waals surface area (Å²) in [5, 5.41) is 19.0. The van der Waals surface area contributed by atoms with Crippen molar-refractivity contribution in [1.82, 2.24) is 19.5 Å². The van der Waals surface area contributed by atoms with Crippen LogP contribution in [0.4, 0.5) is 0 Å². The molecule has 0 unspecified atom stereocenters. The highest BCUT2D eigenvalue weighted by Crippen LogP contribution is 2.32. The van der Waals surface area contributed by atoms with Crippen molar-refractivity contribution in [3.8, 4) is 11.1 Å². The molecule has 1 aromatic carbocycles. The molecule has 0 spiro atoms. The zero-order chi connectivity index (χ0) is 16.6. The Morgan fingerprint density at radius 1 is 1.26 bits per heavy atom. The summed E-state index contributed by atoms with van der Waals surface area (Å²) in [5.41, 5.74) is 2.21. The van der Waals surface area contributed by atoms with Gasteiger partial charge >= 0.3 is 5.97 Å². The lowest BCUT2D eigenvalue weighted by Gasteiger charge is -2.25. The lowest BCUT2D eigenvalue weighted by molar-refractivity contribution is 0.0697. The third-order valence-electron chi connectivity index (χ3n) is 3.80. The third kappa shape index (κ3) is 2.55. The van der Waals surface area contributed by atoms with Gasteiger partial charge in [0.2, 0.25) is 0 Å². The Bertz CT molecular complexity index is 872. The molecule has 23 heavy (non-hydrogen) atoms. The molecule has 0 amide bonds. The van der Waals surface area contributed by atoms with Crippen LogP contribution in [0, 0.1) is 0 Å². The number of aromatic carboxylic acids is 1. The Labute approximate surface area is 132 Å². The van der Waals surface area contributed by atoms with Crippen molar-refractivity contribution in [2.45, 2.75) is 19.4 Å². The maximum atomic E-state index is 11.4. The first kappa shape index (κ1) is 15.1. The number of carboxylic acid groups (broad SMARTS) is 1. The number of carbonyl (C=O) groups is 1. The highest BCUT2D eigenvalue weighted by Gasteiger charge is 2.24. The molecule has 0 fully saturated rings. The monoisotopic (exact) mass is 312 g/mol. The number of aliphatic hydroxyl groups excluding tert-OH is 1. The zero-order valence-electron chi connectivity index (χ0n) is 12.8. The summed E-state index contributed by atoms with van der Waals surface area (Å²) in [6, 6.07) is 3.10. The molecular formula is C16H16N4O3. The van der Waals surface area contributed by atoms with Gasteiger partial charge in [-0.3, -0.25) is 0 Å². The minimum Gasteiger partial charge on any atom is -0.478 e. The second-order valence-electron chi connectivity index (χ2n) is 5.91. The van der Waals surface area contributed by atoms with Crippen LogP contribution in [0.1, 0.15) is 24.2 Å². The van der Waals surface area contributed by atoms with Crippen LogP contribution in [0.3, 0.4) is 0 Å². The number of aliphatic hydroxyl groups is 1. The fraction of sp³-hybridized carbons (Fsp3) is 0.250. The van der Waals surface area contributed by atoms with Crippen LogP contribution >= 0.6 is 0 Å². The van der Waals surface area contributed by atoms with E-state index in [2.05, 4.69) is 15.0 Å². The number of fused-ring (bicyclic) bond motifs is 1. The van der Waals surface area contributed by atoms with Crippen LogP contribution in [0.25, 0.3) is 22.2 Å². The normalized spacial score (nSPS) is 11.8. The highest BCUT2D eigenvalue weighted by molar-refractivity contribution is 6.00. The zero-order valence-corrected chi connectivity index (χ0v) is 12.8. The van der Waals surface area contributed by atoms with Crippen LogP contribution in [0.15, 0.2) is 37.2 Å². The highest BCUT2D eigenvalue weighted by atomic mass is 16.4. The van der Waals surface area contributed by atoms with Crippen LogP contribution in [0.2, 0.25) is 0 Å². The van der Waals surface area contributed by atoms with E-state index in [4.69, 9.17) is 0 Å². The van der Waals surface area contributed by atoms with Crippen LogP contribution in [-0.2, 0) is 5.54 Å². The van der Waals surface area contributed by atoms with Crippen LogP contribution in [0.5, 0.6) is 0 Å². The molecule has 118 valence electrons. The Hall–Kier alpha value is -2.80. The lowest BCUT2D eigenvalue weighted by atomic mass is 10.0. The van der Waals surface area contributed by atoms with Crippen LogP contribution in [-0.4, -0.2) is 42.3 Å². The Morgan fingerprint density at radius 3 is 2.57 bits per heavy atom. The maximum absolute atomic E-state index is 11.4. The number of carboxylic acids is 1. The van der Waals surface area contributed by atoms with Gasteiger partial charge in [0.25, 0.3) is 0 Å². The summed E-state index contributed by atoms with van der Waals surface area (Å²) in [5.74, 6) is -1.03. The second-order valence-corrected chi connectivity index (χ2v) is 5.91. The van der Waals surface area contributed by atoms with Gasteiger partial charge in [0.05, 0.1) is 35.1 Å². The Balaban J connectivity index is 2.38. The number of rotatable bonds is 4. The molecule has 0 radical (unpaired) electrons. The maximum Gasteiger partial charge on any atom is 0.335 e. The molecule has 7 heteroatoms. The van der Waals surface area contributed by atoms with Crippen molar-refractivity contribution in [2.24, 2.45) is 0 Å². The number of imidazole rings is 1. The Kier molecular flexibility index (Phi) is 3.57. The smallest absolute Gasteiger partial charge is 0.335 e. The SMILES string of the molecule is CC(C)(CO)n1cnc2cc(C(=O)O)cc(-c3cncnc3)c21. The molecule has 0 aliphatic rings. The fourth-order valence-corrected chi connectivity index (χ4v) is 2.47. The van der Waals surface area contributed by atoms with Gasteiger partial charge in [0.1, 0.15) is 6.33 Å². The summed E-state index contributed by atoms with van der Waals surface area (Å²) in [6.07, 6.45) is 6.27. The predicted molar refractivity (Wildman–Crippen MR) is 84.1 cm³/mol. The molecular weight excluding hydrogens is 296 g/mol. The van der Waals surface area contributed by atoms with Crippen LogP contribution < -0.4 is 0 Å². The van der Waals surface area contributed by atoms with Gasteiger partial charge in [0.15, 0.2) is 0 Å².